The van der Waals surface area contributed by atoms with E-state index in [1.807, 2.05) is 0 Å². The van der Waals surface area contributed by atoms with E-state index in [1.54, 1.807) is 3.28 Å². The van der Waals surface area contributed by atoms with E-state index in [4.69, 9.17) is 0 Å². The van der Waals surface area contributed by atoms with Gasteiger partial charge in [0.05, 0.1) is 0 Å². The zero-order valence-electron chi connectivity index (χ0n) is 24.0. The molecule has 0 aromatic heterocycles. The summed E-state index contributed by atoms with van der Waals surface area (Å²) in [7, 11) is 1.80. The summed E-state index contributed by atoms with van der Waals surface area (Å²) in [4.78, 5) is 0. The molecule has 0 saturated heterocycles. The average Bonchev–Trinajstić information content (AvgIpc) is 3.77. The molecule has 0 bridgehead atoms. The van der Waals surface area contributed by atoms with Crippen molar-refractivity contribution in [1.82, 2.24) is 0 Å². The minimum absolute atomic E-state index is 0.134. The number of benzene rings is 5. The fourth-order valence-corrected chi connectivity index (χ4v) is 78.4. The molecule has 41 heavy (non-hydrogen) atoms. The van der Waals surface area contributed by atoms with Crippen LogP contribution in [0.25, 0.3) is 6.08 Å². The summed E-state index contributed by atoms with van der Waals surface area (Å²) in [6, 6.07) is 56.6. The molecule has 0 nitrogen and oxygen atoms in total. The van der Waals surface area contributed by atoms with Crippen molar-refractivity contribution >= 4 is 33.9 Å². The third-order valence-corrected chi connectivity index (χ3v) is 102. The van der Waals surface area contributed by atoms with Crippen molar-refractivity contribution in [3.63, 3.8) is 0 Å². The molecule has 7 rings (SSSR count). The fourth-order valence-electron chi connectivity index (χ4n) is 11.1. The van der Waals surface area contributed by atoms with Crippen LogP contribution in [0.3, 0.4) is 0 Å². The summed E-state index contributed by atoms with van der Waals surface area (Å²) in [5.74, 6) is 0. The van der Waals surface area contributed by atoms with Crippen molar-refractivity contribution in [2.75, 3.05) is 0 Å². The van der Waals surface area contributed by atoms with E-state index >= 15 is 0 Å². The molecule has 0 saturated carbocycles. The van der Waals surface area contributed by atoms with E-state index in [0.717, 1.165) is 21.2 Å². The van der Waals surface area contributed by atoms with Gasteiger partial charge in [-0.15, -0.1) is 0 Å². The second-order valence-corrected chi connectivity index (χ2v) is 111. The number of allylic oxidation sites excluding steroid dienone is 5. The van der Waals surface area contributed by atoms with Gasteiger partial charge < -0.3 is 0 Å². The molecule has 2 aliphatic rings. The van der Waals surface area contributed by atoms with Crippen LogP contribution in [0.2, 0.25) is 0 Å². The van der Waals surface area contributed by atoms with Gasteiger partial charge in [-0.25, -0.2) is 0 Å². The van der Waals surface area contributed by atoms with Crippen LogP contribution in [-0.4, -0.2) is 14.7 Å². The normalized spacial score (nSPS) is 19.9. The summed E-state index contributed by atoms with van der Waals surface area (Å²) >= 11 is -6.74. The van der Waals surface area contributed by atoms with E-state index in [2.05, 4.69) is 176 Å². The molecular weight excluding hydrogens is 604 g/mol. The van der Waals surface area contributed by atoms with Crippen molar-refractivity contribution in [2.24, 2.45) is 0 Å². The molecule has 2 aliphatic carbocycles. The van der Waals surface area contributed by atoms with Gasteiger partial charge in [-0.3, -0.25) is 0 Å². The van der Waals surface area contributed by atoms with Gasteiger partial charge in [0.2, 0.25) is 0 Å². The van der Waals surface area contributed by atoms with Crippen LogP contribution in [0, 0.1) is 0 Å². The van der Waals surface area contributed by atoms with Crippen molar-refractivity contribution in [3.05, 3.63) is 184 Å². The summed E-state index contributed by atoms with van der Waals surface area (Å²) < 4.78 is 7.81. The first-order valence-electron chi connectivity index (χ1n) is 15.0. The van der Waals surface area contributed by atoms with E-state index < -0.39 is 12.7 Å². The van der Waals surface area contributed by atoms with E-state index in [-0.39, 0.29) is 3.63 Å². The number of hydrogen-bond acceptors (Lipinski definition) is 0. The summed E-state index contributed by atoms with van der Waals surface area (Å²) in [6.45, 7) is 0. The van der Waals surface area contributed by atoms with E-state index in [0.29, 0.717) is 0 Å². The Morgan fingerprint density at radius 3 is 1.34 bits per heavy atom. The molecular formula is C38H38Si2Zr. The Kier molecular flexibility index (Phi) is 4.87. The Morgan fingerprint density at radius 1 is 0.512 bits per heavy atom. The van der Waals surface area contributed by atoms with Crippen molar-refractivity contribution < 1.29 is 12.7 Å². The molecule has 0 aliphatic heterocycles. The second-order valence-electron chi connectivity index (χ2n) is 14.8. The van der Waals surface area contributed by atoms with Gasteiger partial charge >= 0.3 is 241 Å². The van der Waals surface area contributed by atoms with Gasteiger partial charge in [0.15, 0.2) is 0 Å². The predicted molar refractivity (Wildman–Crippen MR) is 184 cm³/mol. The standard InChI is InChI=1S/C9H7.4C6H5.C5H5.2H3Si.Zr/c1-2-5-9-7-3-6-8(9)4-1;4*1-2-4-6-5-3-1;1-2-4-5-3-1;;;/h1-7H;4*1-5H;1-3H,4H2;2*1H3;. The van der Waals surface area contributed by atoms with E-state index in [9.17, 15) is 0 Å². The molecule has 0 amide bonds. The number of rotatable bonds is 6. The van der Waals surface area contributed by atoms with Crippen LogP contribution in [0.15, 0.2) is 173 Å². The first-order chi connectivity index (χ1) is 19.8. The van der Waals surface area contributed by atoms with Gasteiger partial charge in [0.25, 0.3) is 0 Å². The Balaban J connectivity index is 2.04. The van der Waals surface area contributed by atoms with Crippen molar-refractivity contribution in [1.29, 1.82) is 0 Å². The van der Waals surface area contributed by atoms with Crippen LogP contribution < -0.4 is 13.1 Å². The van der Waals surface area contributed by atoms with Crippen LogP contribution in [0.1, 0.15) is 21.2 Å². The SMILES string of the molecule is [SiH3][Zr]([SiH3])([C]1=CC=CC1)([c]1ccccc1)([c]1ccccc1)([c]1ccccc1)([c]1ccccc1)[CH]1C=Cc2ccccc21. The van der Waals surface area contributed by atoms with Crippen LogP contribution >= 0.6 is 0 Å². The molecule has 3 heteroatoms. The van der Waals surface area contributed by atoms with Crippen LogP contribution in [0.4, 0.5) is 0 Å². The fraction of sp³-hybridized carbons (Fsp3) is 0.0526. The zero-order valence-corrected chi connectivity index (χ0v) is 30.5. The Hall–Kier alpha value is -3.36. The number of hydrogen-bond donors (Lipinski definition) is 0. The van der Waals surface area contributed by atoms with Gasteiger partial charge in [-0.1, -0.05) is 0 Å². The van der Waals surface area contributed by atoms with Gasteiger partial charge in [0.1, 0.15) is 0 Å². The van der Waals surface area contributed by atoms with Crippen LogP contribution in [0.5, 0.6) is 0 Å². The molecule has 0 heterocycles. The minimum atomic E-state index is -6.74. The zero-order chi connectivity index (χ0) is 28.2. The molecule has 0 spiro atoms. The summed E-state index contributed by atoms with van der Waals surface area (Å²) in [5.41, 5.74) is 2.80. The summed E-state index contributed by atoms with van der Waals surface area (Å²) in [5, 5.41) is 0. The van der Waals surface area contributed by atoms with Crippen molar-refractivity contribution in [3.8, 4) is 0 Å². The molecule has 1 atom stereocenters. The van der Waals surface area contributed by atoms with Gasteiger partial charge in [-0.05, 0) is 0 Å². The molecule has 0 N–H and O–H groups in total. The first kappa shape index (κ1) is 26.5. The monoisotopic (exact) mass is 640 g/mol. The average molecular weight is 642 g/mol. The molecule has 0 fully saturated rings. The quantitative estimate of drug-likeness (QED) is 0.235. The van der Waals surface area contributed by atoms with Crippen molar-refractivity contribution in [2.45, 2.75) is 10.0 Å². The summed E-state index contributed by atoms with van der Waals surface area (Å²) in [6.07, 6.45) is 13.3. The Morgan fingerprint density at radius 2 is 0.927 bits per heavy atom. The maximum absolute atomic E-state index is 6.74. The number of fused-ring (bicyclic) bond motifs is 1. The predicted octanol–water partition coefficient (Wildman–Crippen LogP) is 4.76. The maximum atomic E-state index is 2.63. The topological polar surface area (TPSA) is 0 Å². The molecule has 1 unspecified atom stereocenters. The van der Waals surface area contributed by atoms with E-state index in [1.165, 1.54) is 24.2 Å². The molecule has 0 radical (unpaired) electrons. The Bertz CT molecular complexity index is 1780. The van der Waals surface area contributed by atoms with Crippen LogP contribution in [-0.2, 0) is 12.7 Å². The molecule has 5 aromatic carbocycles. The first-order valence-corrected chi connectivity index (χ1v) is 39.3. The third kappa shape index (κ3) is 2.25. The molecule has 202 valence electrons. The molecule has 5 aromatic rings. The third-order valence-electron chi connectivity index (χ3n) is 13.8. The Labute approximate surface area is 239 Å². The van der Waals surface area contributed by atoms with Gasteiger partial charge in [-0.2, -0.15) is 0 Å². The van der Waals surface area contributed by atoms with Gasteiger partial charge in [0, 0.05) is 0 Å². The second kappa shape index (κ2) is 7.52.